The maximum Gasteiger partial charge on any atom is 0.239 e. The van der Waals surface area contributed by atoms with Crippen molar-refractivity contribution in [2.75, 3.05) is 38.7 Å². The van der Waals surface area contributed by atoms with Crippen LogP contribution in [-0.4, -0.2) is 82.9 Å². The van der Waals surface area contributed by atoms with Crippen molar-refractivity contribution in [2.24, 2.45) is 28.8 Å². The topological polar surface area (TPSA) is 110 Å². The Morgan fingerprint density at radius 3 is 2.50 bits per heavy atom. The lowest BCUT2D eigenvalue weighted by Crippen LogP contribution is -2.70. The number of amides is 1. The number of carbonyl (C=O) groups is 1. The lowest BCUT2D eigenvalue weighted by molar-refractivity contribution is -0.257. The molecule has 4 aliphatic rings. The van der Waals surface area contributed by atoms with Crippen LogP contribution in [0.25, 0.3) is 0 Å². The number of aliphatic hydroxyl groups excluding tert-OH is 2. The van der Waals surface area contributed by atoms with Gasteiger partial charge in [0.2, 0.25) is 11.7 Å². The van der Waals surface area contributed by atoms with Crippen LogP contribution in [0.4, 0.5) is 0 Å². The summed E-state index contributed by atoms with van der Waals surface area (Å²) in [5, 5.41) is 24.7. The number of carbonyl (C=O) groups excluding carboxylic acids is 1. The van der Waals surface area contributed by atoms with Crippen LogP contribution < -0.4 is 9.47 Å². The molecular formula is C46H64N2O7S. The van der Waals surface area contributed by atoms with E-state index >= 15 is 0 Å². The first-order chi connectivity index (χ1) is 27.1. The van der Waals surface area contributed by atoms with E-state index in [1.807, 2.05) is 43.9 Å². The fraction of sp³-hybridized carbons (Fsp3) is 0.609. The van der Waals surface area contributed by atoms with Gasteiger partial charge < -0.3 is 34.2 Å². The van der Waals surface area contributed by atoms with Crippen LogP contribution in [0.15, 0.2) is 82.9 Å². The van der Waals surface area contributed by atoms with Gasteiger partial charge in [0.25, 0.3) is 0 Å². The second kappa shape index (κ2) is 19.4. The van der Waals surface area contributed by atoms with Crippen molar-refractivity contribution >= 4 is 23.4 Å². The predicted molar refractivity (Wildman–Crippen MR) is 223 cm³/mol. The molecule has 0 bridgehead atoms. The van der Waals surface area contributed by atoms with Gasteiger partial charge in [0.1, 0.15) is 23.1 Å². The number of oxime groups is 1. The fourth-order valence-corrected chi connectivity index (χ4v) is 9.74. The molecule has 2 fully saturated rings. The summed E-state index contributed by atoms with van der Waals surface area (Å²) in [6, 6.07) is 16.1. The number of fused-ring (bicyclic) bond motifs is 2. The summed E-state index contributed by atoms with van der Waals surface area (Å²) in [6.45, 7) is 13.8. The van der Waals surface area contributed by atoms with Gasteiger partial charge in [-0.3, -0.25) is 4.79 Å². The zero-order chi connectivity index (χ0) is 39.7. The Hall–Kier alpha value is -3.31. The molecule has 0 aromatic heterocycles. The van der Waals surface area contributed by atoms with Gasteiger partial charge in [0, 0.05) is 54.2 Å². The lowest BCUT2D eigenvalue weighted by Gasteiger charge is -2.60. The van der Waals surface area contributed by atoms with E-state index in [1.54, 1.807) is 17.8 Å². The molecule has 10 heteroatoms. The molecular weight excluding hydrogens is 725 g/mol. The number of rotatable bonds is 21. The normalized spacial score (nSPS) is 26.1. The molecule has 2 saturated carbocycles. The Balaban J connectivity index is 1.51. The van der Waals surface area contributed by atoms with Crippen LogP contribution in [0.3, 0.4) is 0 Å². The van der Waals surface area contributed by atoms with Crippen molar-refractivity contribution in [2.45, 2.75) is 120 Å². The molecule has 56 heavy (non-hydrogen) atoms. The van der Waals surface area contributed by atoms with E-state index in [2.05, 4.69) is 49.9 Å². The van der Waals surface area contributed by atoms with Gasteiger partial charge in [0.15, 0.2) is 0 Å². The van der Waals surface area contributed by atoms with Gasteiger partial charge >= 0.3 is 0 Å². The third-order valence-electron chi connectivity index (χ3n) is 11.5. The van der Waals surface area contributed by atoms with Crippen LogP contribution in [0.5, 0.6) is 11.5 Å². The lowest BCUT2D eigenvalue weighted by atomic mass is 9.55. The molecule has 6 atom stereocenters. The van der Waals surface area contributed by atoms with E-state index in [0.717, 1.165) is 85.5 Å². The van der Waals surface area contributed by atoms with Crippen LogP contribution in [-0.2, 0) is 14.4 Å². The third kappa shape index (κ3) is 9.86. The van der Waals surface area contributed by atoms with Crippen molar-refractivity contribution in [1.29, 1.82) is 0 Å². The van der Waals surface area contributed by atoms with Gasteiger partial charge in [0.05, 0.1) is 24.8 Å². The first kappa shape index (κ1) is 42.3. The maximum atomic E-state index is 14.3. The molecule has 2 N–H and O–H groups in total. The molecule has 3 aliphatic carbocycles. The molecule has 1 amide bonds. The average Bonchev–Trinajstić information content (AvgIpc) is 4.04. The molecule has 9 nitrogen and oxygen atoms in total. The second-order valence-electron chi connectivity index (χ2n) is 16.8. The number of allylic oxidation sites excluding steroid dienone is 1. The zero-order valence-electron chi connectivity index (χ0n) is 34.0. The molecule has 6 rings (SSSR count). The first-order valence-corrected chi connectivity index (χ1v) is 22.0. The Morgan fingerprint density at radius 2 is 1.82 bits per heavy atom. The molecule has 2 aromatic carbocycles. The largest absolute Gasteiger partial charge is 0.493 e. The van der Waals surface area contributed by atoms with Gasteiger partial charge in [-0.05, 0) is 113 Å². The average molecular weight is 789 g/mol. The Morgan fingerprint density at radius 1 is 1.07 bits per heavy atom. The summed E-state index contributed by atoms with van der Waals surface area (Å²) in [4.78, 5) is 23.8. The van der Waals surface area contributed by atoms with Crippen LogP contribution in [0, 0.1) is 23.7 Å². The number of hydrogen-bond acceptors (Lipinski definition) is 9. The van der Waals surface area contributed by atoms with Gasteiger partial charge in [-0.15, -0.1) is 18.3 Å². The summed E-state index contributed by atoms with van der Waals surface area (Å²) in [5.41, 5.74) is 2.44. The number of thioether (sulfide) groups is 1. The summed E-state index contributed by atoms with van der Waals surface area (Å²) in [5.74, 6) is 1.22. The van der Waals surface area contributed by atoms with Gasteiger partial charge in [-0.25, -0.2) is 0 Å². The summed E-state index contributed by atoms with van der Waals surface area (Å²) in [7, 11) is 0. The Kier molecular flexibility index (Phi) is 14.7. The SMILES string of the molecule is C=CCOC12Oc3ccc(OCCSc4ccccc4)cc3C3C(CCCCO)C(CCCCO)C=C(C(=NOC(C)(C)C)CC1N(CCC)C(=O)C1CC1)C32. The highest BCUT2D eigenvalue weighted by atomic mass is 32.2. The highest BCUT2D eigenvalue weighted by Gasteiger charge is 2.65. The highest BCUT2D eigenvalue weighted by molar-refractivity contribution is 7.99. The van der Waals surface area contributed by atoms with E-state index in [0.29, 0.717) is 26.0 Å². The number of hydrogen-bond donors (Lipinski definition) is 2. The summed E-state index contributed by atoms with van der Waals surface area (Å²) >= 11 is 1.77. The highest BCUT2D eigenvalue weighted by Crippen LogP contribution is 2.62. The number of aliphatic hydroxyl groups is 2. The Bertz CT molecular complexity index is 1670. The standard InChI is InChI=1S/C46H64N2O7S/c1-6-23-48(44(51)32-19-20-32)41-31-39(47-55-45(3,4)5)37-29-33(15-11-13-24-49)36(18-12-14-25-50)42-38-30-34(52-27-28-56-35-16-9-8-10-17-35)21-22-40(38)54-46(41,43(37)42)53-26-7-2/h7-10,16-17,21-22,29-30,32-33,36,41-43,49-50H,2,6,11-15,18-20,23-28,31H2,1,3-5H3. The molecule has 0 spiro atoms. The number of unbranched alkanes of at least 4 members (excludes halogenated alkanes) is 2. The van der Waals surface area contributed by atoms with Crippen molar-refractivity contribution < 1.29 is 34.1 Å². The third-order valence-corrected chi connectivity index (χ3v) is 12.5. The van der Waals surface area contributed by atoms with E-state index < -0.39 is 17.4 Å². The van der Waals surface area contributed by atoms with Crippen LogP contribution in [0.2, 0.25) is 0 Å². The van der Waals surface area contributed by atoms with E-state index in [-0.39, 0.29) is 55.3 Å². The fourth-order valence-electron chi connectivity index (χ4n) is 8.99. The number of nitrogens with zero attached hydrogens (tertiary/aromatic N) is 2. The van der Waals surface area contributed by atoms with Gasteiger partial charge in [-0.2, -0.15) is 0 Å². The Labute approximate surface area is 338 Å². The zero-order valence-corrected chi connectivity index (χ0v) is 34.8. The molecule has 2 aromatic rings. The monoisotopic (exact) mass is 788 g/mol. The van der Waals surface area contributed by atoms with E-state index in [9.17, 15) is 15.0 Å². The van der Waals surface area contributed by atoms with Crippen molar-refractivity contribution in [1.82, 2.24) is 4.90 Å². The van der Waals surface area contributed by atoms with E-state index in [4.69, 9.17) is 24.2 Å². The smallest absolute Gasteiger partial charge is 0.239 e. The molecule has 0 radical (unpaired) electrons. The molecule has 1 heterocycles. The van der Waals surface area contributed by atoms with E-state index in [1.165, 1.54) is 4.90 Å². The second-order valence-corrected chi connectivity index (χ2v) is 18.0. The van der Waals surface area contributed by atoms with Crippen molar-refractivity contribution in [3.63, 3.8) is 0 Å². The molecule has 6 unspecified atom stereocenters. The minimum atomic E-state index is -1.22. The van der Waals surface area contributed by atoms with Crippen molar-refractivity contribution in [3.05, 3.63) is 78.4 Å². The minimum absolute atomic E-state index is 0.0149. The molecule has 1 aliphatic heterocycles. The maximum absolute atomic E-state index is 14.3. The number of ether oxygens (including phenoxy) is 3. The summed E-state index contributed by atoms with van der Waals surface area (Å²) < 4.78 is 20.9. The minimum Gasteiger partial charge on any atom is -0.493 e. The van der Waals surface area contributed by atoms with Gasteiger partial charge in [-0.1, -0.05) is 55.3 Å². The quantitative estimate of drug-likeness (QED) is 0.0559. The molecule has 306 valence electrons. The first-order valence-electron chi connectivity index (χ1n) is 21.0. The summed E-state index contributed by atoms with van der Waals surface area (Å²) in [6.07, 6.45) is 12.2. The molecule has 0 saturated heterocycles. The van der Waals surface area contributed by atoms with Crippen molar-refractivity contribution in [3.8, 4) is 11.5 Å². The predicted octanol–water partition coefficient (Wildman–Crippen LogP) is 8.94. The van der Waals surface area contributed by atoms with Crippen LogP contribution >= 0.6 is 11.8 Å². The number of benzene rings is 2. The van der Waals surface area contributed by atoms with Crippen LogP contribution in [0.1, 0.15) is 103 Å².